The number of hydrogen-bond donors (Lipinski definition) is 1. The first-order chi connectivity index (χ1) is 6.72. The zero-order valence-corrected chi connectivity index (χ0v) is 8.10. The molecule has 0 bridgehead atoms. The third-order valence-electron chi connectivity index (χ3n) is 2.69. The second-order valence-electron chi connectivity index (χ2n) is 3.58. The van der Waals surface area contributed by atoms with E-state index in [0.717, 1.165) is 5.69 Å². The lowest BCUT2D eigenvalue weighted by Gasteiger charge is -2.27. The lowest BCUT2D eigenvalue weighted by atomic mass is 9.92. The summed E-state index contributed by atoms with van der Waals surface area (Å²) in [6.45, 7) is 7.85. The Kier molecular flexibility index (Phi) is 2.24. The van der Waals surface area contributed by atoms with E-state index in [2.05, 4.69) is 4.85 Å². The molecule has 72 valence electrons. The summed E-state index contributed by atoms with van der Waals surface area (Å²) in [5, 5.41) is 0. The van der Waals surface area contributed by atoms with Gasteiger partial charge in [0, 0.05) is 18.1 Å². The van der Waals surface area contributed by atoms with E-state index in [1.54, 1.807) is 0 Å². The molecule has 3 nitrogen and oxygen atoms in total. The summed E-state index contributed by atoms with van der Waals surface area (Å²) in [4.78, 5) is 3.66. The largest absolute Gasteiger partial charge is 0.358 e. The Balaban J connectivity index is 2.47. The van der Waals surface area contributed by atoms with Crippen LogP contribution in [0.5, 0.6) is 0 Å². The van der Waals surface area contributed by atoms with Gasteiger partial charge in [0.15, 0.2) is 0 Å². The number of nitrogens with two attached hydrogens (primary N) is 1. The minimum absolute atomic E-state index is 0.195. The fraction of sp³-hybridized carbons (Fsp3) is 0.364. The molecule has 0 aromatic heterocycles. The first-order valence-electron chi connectivity index (χ1n) is 4.63. The summed E-state index contributed by atoms with van der Waals surface area (Å²) in [5.41, 5.74) is 8.95. The normalized spacial score (nSPS) is 25.2. The molecular formula is C11H13N2O+. The summed E-state index contributed by atoms with van der Waals surface area (Å²) in [6, 6.07) is 5.84. The Hall–Kier alpha value is -1.37. The van der Waals surface area contributed by atoms with Gasteiger partial charge in [-0.25, -0.2) is 0 Å². The van der Waals surface area contributed by atoms with Gasteiger partial charge < -0.3 is 10.5 Å². The smallest absolute Gasteiger partial charge is 0.340 e. The number of fused-ring (bicyclic) bond motifs is 1. The van der Waals surface area contributed by atoms with E-state index in [1.165, 1.54) is 11.1 Å². The highest BCUT2D eigenvalue weighted by atomic mass is 16.5. The van der Waals surface area contributed by atoms with Crippen LogP contribution in [-0.4, -0.2) is 6.23 Å². The van der Waals surface area contributed by atoms with Gasteiger partial charge in [-0.1, -0.05) is 6.92 Å². The Morgan fingerprint density at radius 3 is 3.07 bits per heavy atom. The van der Waals surface area contributed by atoms with Crippen LogP contribution in [-0.2, 0) is 11.3 Å². The second kappa shape index (κ2) is 3.41. The van der Waals surface area contributed by atoms with Crippen LogP contribution in [0.4, 0.5) is 5.69 Å². The zero-order valence-electron chi connectivity index (χ0n) is 8.10. The molecule has 0 spiro atoms. The van der Waals surface area contributed by atoms with E-state index >= 15 is 0 Å². The maximum absolute atomic E-state index is 5.80. The minimum atomic E-state index is -0.226. The van der Waals surface area contributed by atoms with E-state index in [1.807, 2.05) is 25.1 Å². The van der Waals surface area contributed by atoms with Crippen LogP contribution < -0.4 is 5.73 Å². The van der Waals surface area contributed by atoms with Gasteiger partial charge in [0.05, 0.1) is 6.61 Å². The van der Waals surface area contributed by atoms with Crippen molar-refractivity contribution in [3.05, 3.63) is 34.2 Å². The van der Waals surface area contributed by atoms with E-state index in [0.29, 0.717) is 6.61 Å². The lowest BCUT2D eigenvalue weighted by Crippen LogP contribution is -2.33. The quantitative estimate of drug-likeness (QED) is 0.679. The van der Waals surface area contributed by atoms with Crippen molar-refractivity contribution in [2.75, 3.05) is 0 Å². The number of hydrogen-bond acceptors (Lipinski definition) is 2. The number of nitrogens with zero attached hydrogens (tertiary/aromatic N) is 1. The highest BCUT2D eigenvalue weighted by Crippen LogP contribution is 2.31. The molecule has 0 radical (unpaired) electrons. The van der Waals surface area contributed by atoms with Crippen molar-refractivity contribution in [2.24, 2.45) is 5.73 Å². The van der Waals surface area contributed by atoms with Crippen LogP contribution in [0.3, 0.4) is 0 Å². The van der Waals surface area contributed by atoms with Crippen molar-refractivity contribution < 1.29 is 4.74 Å². The Bertz CT molecular complexity index is 395. The average Bonchev–Trinajstić information content (AvgIpc) is 2.23. The molecule has 0 saturated carbocycles. The van der Waals surface area contributed by atoms with E-state index in [4.69, 9.17) is 17.0 Å². The predicted molar refractivity (Wildman–Crippen MR) is 55.6 cm³/mol. The third-order valence-corrected chi connectivity index (χ3v) is 2.69. The highest BCUT2D eigenvalue weighted by Gasteiger charge is 2.25. The van der Waals surface area contributed by atoms with Gasteiger partial charge in [0.1, 0.15) is 6.23 Å². The fourth-order valence-electron chi connectivity index (χ4n) is 1.73. The molecular weight excluding hydrogens is 176 g/mol. The molecule has 1 aromatic rings. The number of benzene rings is 1. The van der Waals surface area contributed by atoms with E-state index in [9.17, 15) is 0 Å². The molecule has 0 unspecified atom stereocenters. The zero-order chi connectivity index (χ0) is 10.1. The molecule has 0 amide bonds. The van der Waals surface area contributed by atoms with Crippen molar-refractivity contribution in [2.45, 2.75) is 25.7 Å². The first-order valence-corrected chi connectivity index (χ1v) is 4.63. The topological polar surface area (TPSA) is 39.6 Å². The maximum atomic E-state index is 5.80. The number of rotatable bonds is 0. The van der Waals surface area contributed by atoms with Crippen molar-refractivity contribution >= 4 is 5.69 Å². The molecule has 1 heterocycles. The van der Waals surface area contributed by atoms with Gasteiger partial charge in [-0.05, 0) is 22.0 Å². The summed E-state index contributed by atoms with van der Waals surface area (Å²) in [5.74, 6) is 0.195. The van der Waals surface area contributed by atoms with Gasteiger partial charge in [-0.3, -0.25) is 0 Å². The molecule has 1 aliphatic rings. The molecule has 1 aliphatic heterocycles. The highest BCUT2D eigenvalue weighted by molar-refractivity contribution is 5.51. The summed E-state index contributed by atoms with van der Waals surface area (Å²) in [7, 11) is 0. The van der Waals surface area contributed by atoms with Gasteiger partial charge in [0.2, 0.25) is 0 Å². The Morgan fingerprint density at radius 2 is 2.36 bits per heavy atom. The van der Waals surface area contributed by atoms with Crippen molar-refractivity contribution in [3.63, 3.8) is 0 Å². The fourth-order valence-corrected chi connectivity index (χ4v) is 1.73. The molecule has 2 N–H and O–H groups in total. The standard InChI is InChI=1S/C11H13N2O/c1-7-10-5-9(13-2)4-3-8(10)6-14-11(7)12/h2-5,7,11H,6,12H2,1H3/q+1/t7-,11-/m0/s1. The van der Waals surface area contributed by atoms with Gasteiger partial charge in [0.25, 0.3) is 6.57 Å². The van der Waals surface area contributed by atoms with Crippen LogP contribution in [0.25, 0.3) is 4.85 Å². The molecule has 0 fully saturated rings. The monoisotopic (exact) mass is 189 g/mol. The average molecular weight is 189 g/mol. The Labute approximate surface area is 83.3 Å². The van der Waals surface area contributed by atoms with Crippen LogP contribution in [0.2, 0.25) is 0 Å². The van der Waals surface area contributed by atoms with Crippen LogP contribution in [0.1, 0.15) is 24.0 Å². The third kappa shape index (κ3) is 1.39. The molecule has 1 aromatic carbocycles. The summed E-state index contributed by atoms with van der Waals surface area (Å²) >= 11 is 0. The predicted octanol–water partition coefficient (Wildman–Crippen LogP) is 2.20. The Morgan fingerprint density at radius 1 is 1.57 bits per heavy atom. The van der Waals surface area contributed by atoms with Gasteiger partial charge >= 0.3 is 5.69 Å². The van der Waals surface area contributed by atoms with Crippen LogP contribution in [0, 0.1) is 6.57 Å². The van der Waals surface area contributed by atoms with Crippen LogP contribution in [0.15, 0.2) is 18.2 Å². The molecule has 2 rings (SSSR count). The van der Waals surface area contributed by atoms with Crippen molar-refractivity contribution in [1.82, 2.24) is 0 Å². The van der Waals surface area contributed by atoms with Gasteiger partial charge in [-0.2, -0.15) is 0 Å². The molecule has 14 heavy (non-hydrogen) atoms. The van der Waals surface area contributed by atoms with Crippen molar-refractivity contribution in [3.8, 4) is 6.57 Å². The minimum Gasteiger partial charge on any atom is -0.358 e. The molecule has 3 heteroatoms. The molecule has 2 atom stereocenters. The maximum Gasteiger partial charge on any atom is 0.340 e. The molecule has 0 aliphatic carbocycles. The second-order valence-corrected chi connectivity index (χ2v) is 3.58. The summed E-state index contributed by atoms with van der Waals surface area (Å²) in [6.07, 6.45) is -0.226. The van der Waals surface area contributed by atoms with E-state index in [-0.39, 0.29) is 12.1 Å². The first kappa shape index (κ1) is 9.20. The van der Waals surface area contributed by atoms with Crippen LogP contribution >= 0.6 is 0 Å². The molecule has 0 saturated heterocycles. The van der Waals surface area contributed by atoms with E-state index < -0.39 is 0 Å². The lowest BCUT2D eigenvalue weighted by molar-refractivity contribution is 0.0161. The van der Waals surface area contributed by atoms with Crippen molar-refractivity contribution in [1.29, 1.82) is 0 Å². The van der Waals surface area contributed by atoms with Gasteiger partial charge in [-0.15, -0.1) is 0 Å². The SMILES string of the molecule is C#[N+]c1ccc2c(c1)[C@H](C)[C@@H](N)OC2. The number of ether oxygens (including phenoxy) is 1. The summed E-state index contributed by atoms with van der Waals surface area (Å²) < 4.78 is 5.41.